The first-order valence-electron chi connectivity index (χ1n) is 5.55. The zero-order valence-corrected chi connectivity index (χ0v) is 9.32. The summed E-state index contributed by atoms with van der Waals surface area (Å²) in [6.07, 6.45) is 0. The van der Waals surface area contributed by atoms with Crippen molar-refractivity contribution in [3.63, 3.8) is 0 Å². The van der Waals surface area contributed by atoms with E-state index in [2.05, 4.69) is 11.0 Å². The minimum Gasteiger partial charge on any atom is -0.490 e. The van der Waals surface area contributed by atoms with Gasteiger partial charge in [0.25, 0.3) is 0 Å². The van der Waals surface area contributed by atoms with Crippen LogP contribution in [0.5, 0.6) is 5.75 Å². The maximum Gasteiger partial charge on any atom is 0.142 e. The maximum absolute atomic E-state index is 5.76. The van der Waals surface area contributed by atoms with Gasteiger partial charge in [-0.25, -0.2) is 0 Å². The van der Waals surface area contributed by atoms with Gasteiger partial charge in [-0.15, -0.1) is 0 Å². The Morgan fingerprint density at radius 2 is 2.25 bits per heavy atom. The number of nitrogens with zero attached hydrogens (tertiary/aromatic N) is 1. The first-order chi connectivity index (χ1) is 7.86. The van der Waals surface area contributed by atoms with E-state index in [9.17, 15) is 0 Å². The van der Waals surface area contributed by atoms with E-state index in [1.54, 1.807) is 18.2 Å². The van der Waals surface area contributed by atoms with Crippen molar-refractivity contribution in [2.24, 2.45) is 0 Å². The minimum absolute atomic E-state index is 0.655. The average molecular weight is 221 g/mol. The van der Waals surface area contributed by atoms with Crippen molar-refractivity contribution in [2.45, 2.75) is 0 Å². The molecule has 1 radical (unpaired) electrons. The summed E-state index contributed by atoms with van der Waals surface area (Å²) < 4.78 is 10.9. The van der Waals surface area contributed by atoms with Gasteiger partial charge in [0.2, 0.25) is 0 Å². The second kappa shape index (κ2) is 5.72. The van der Waals surface area contributed by atoms with E-state index < -0.39 is 0 Å². The summed E-state index contributed by atoms with van der Waals surface area (Å²) in [5.41, 5.74) is 6.43. The highest BCUT2D eigenvalue weighted by atomic mass is 16.5. The summed E-state index contributed by atoms with van der Waals surface area (Å²) in [4.78, 5) is 2.33. The van der Waals surface area contributed by atoms with Gasteiger partial charge in [0, 0.05) is 19.6 Å². The zero-order chi connectivity index (χ0) is 11.2. The lowest BCUT2D eigenvalue weighted by Gasteiger charge is -2.26. The molecule has 0 amide bonds. The van der Waals surface area contributed by atoms with Gasteiger partial charge in [-0.2, -0.15) is 0 Å². The summed E-state index contributed by atoms with van der Waals surface area (Å²) in [5, 5.41) is 0. The molecule has 87 valence electrons. The van der Waals surface area contributed by atoms with Crippen molar-refractivity contribution in [1.82, 2.24) is 4.90 Å². The van der Waals surface area contributed by atoms with Crippen LogP contribution in [0.15, 0.2) is 18.2 Å². The van der Waals surface area contributed by atoms with Crippen LogP contribution in [0.4, 0.5) is 5.69 Å². The standard InChI is InChI=1S/C12H17N2O2/c13-11-3-1-2-4-12(11)16-10-7-14-5-8-15-9-6-14/h1,3-4H,5-10,13H2. The molecule has 4 nitrogen and oxygen atoms in total. The molecule has 1 heterocycles. The van der Waals surface area contributed by atoms with Crippen LogP contribution in [0.3, 0.4) is 0 Å². The highest BCUT2D eigenvalue weighted by Crippen LogP contribution is 2.19. The van der Waals surface area contributed by atoms with Gasteiger partial charge in [-0.1, -0.05) is 6.07 Å². The molecular weight excluding hydrogens is 204 g/mol. The van der Waals surface area contributed by atoms with Gasteiger partial charge >= 0.3 is 0 Å². The molecule has 1 aromatic carbocycles. The number of nitrogens with two attached hydrogens (primary N) is 1. The predicted octanol–water partition coefficient (Wildman–Crippen LogP) is 0.780. The lowest BCUT2D eigenvalue weighted by molar-refractivity contribution is 0.0323. The van der Waals surface area contributed by atoms with Crippen LogP contribution in [-0.2, 0) is 4.74 Å². The molecule has 0 unspecified atom stereocenters. The maximum atomic E-state index is 5.76. The quantitative estimate of drug-likeness (QED) is 0.763. The van der Waals surface area contributed by atoms with Gasteiger partial charge in [0.1, 0.15) is 12.4 Å². The monoisotopic (exact) mass is 221 g/mol. The largest absolute Gasteiger partial charge is 0.490 e. The molecule has 16 heavy (non-hydrogen) atoms. The van der Waals surface area contributed by atoms with E-state index in [1.165, 1.54) is 0 Å². The van der Waals surface area contributed by atoms with Crippen LogP contribution < -0.4 is 10.5 Å². The average Bonchev–Trinajstić information content (AvgIpc) is 2.33. The second-order valence-corrected chi connectivity index (χ2v) is 3.77. The third kappa shape index (κ3) is 3.12. The molecule has 0 bridgehead atoms. The number of hydrogen-bond acceptors (Lipinski definition) is 4. The molecule has 1 fully saturated rings. The molecule has 1 aliphatic heterocycles. The Kier molecular flexibility index (Phi) is 4.02. The molecule has 0 spiro atoms. The summed E-state index contributed by atoms with van der Waals surface area (Å²) in [7, 11) is 0. The highest BCUT2D eigenvalue weighted by molar-refractivity contribution is 5.51. The minimum atomic E-state index is 0.655. The van der Waals surface area contributed by atoms with Crippen molar-refractivity contribution in [1.29, 1.82) is 0 Å². The van der Waals surface area contributed by atoms with Crippen molar-refractivity contribution >= 4 is 5.69 Å². The Bertz CT molecular complexity index is 325. The van der Waals surface area contributed by atoms with Crippen molar-refractivity contribution in [3.8, 4) is 5.75 Å². The third-order valence-electron chi connectivity index (χ3n) is 2.63. The summed E-state index contributed by atoms with van der Waals surface area (Å²) >= 11 is 0. The molecule has 0 atom stereocenters. The van der Waals surface area contributed by atoms with Crippen LogP contribution in [0.2, 0.25) is 0 Å². The fourth-order valence-electron chi connectivity index (χ4n) is 1.66. The second-order valence-electron chi connectivity index (χ2n) is 3.77. The van der Waals surface area contributed by atoms with E-state index in [0.29, 0.717) is 12.3 Å². The summed E-state index contributed by atoms with van der Waals surface area (Å²) in [5.74, 6) is 0.718. The highest BCUT2D eigenvalue weighted by Gasteiger charge is 2.09. The molecular formula is C12H17N2O2. The number of anilines is 1. The Labute approximate surface area is 95.9 Å². The topological polar surface area (TPSA) is 47.7 Å². The number of nitrogen functional groups attached to an aromatic ring is 1. The summed E-state index contributed by atoms with van der Waals surface area (Å²) in [6.45, 7) is 5.18. The van der Waals surface area contributed by atoms with Crippen LogP contribution in [-0.4, -0.2) is 44.4 Å². The molecule has 1 saturated heterocycles. The SMILES string of the molecule is Nc1cc[c]cc1OCCN1CCOCC1. The Morgan fingerprint density at radius 1 is 1.44 bits per heavy atom. The lowest BCUT2D eigenvalue weighted by atomic mass is 10.3. The van der Waals surface area contributed by atoms with E-state index >= 15 is 0 Å². The van der Waals surface area contributed by atoms with Gasteiger partial charge in [-0.3, -0.25) is 4.90 Å². The van der Waals surface area contributed by atoms with Gasteiger partial charge in [0.15, 0.2) is 0 Å². The fourth-order valence-corrected chi connectivity index (χ4v) is 1.66. The van der Waals surface area contributed by atoms with E-state index in [-0.39, 0.29) is 0 Å². The normalized spacial score (nSPS) is 17.2. The molecule has 2 rings (SSSR count). The molecule has 0 aromatic heterocycles. The van der Waals surface area contributed by atoms with Crippen LogP contribution >= 0.6 is 0 Å². The van der Waals surface area contributed by atoms with Gasteiger partial charge in [-0.05, 0) is 18.2 Å². The molecule has 1 aliphatic rings. The van der Waals surface area contributed by atoms with Crippen LogP contribution in [0.1, 0.15) is 0 Å². The van der Waals surface area contributed by atoms with Crippen molar-refractivity contribution in [2.75, 3.05) is 45.2 Å². The first kappa shape index (κ1) is 11.2. The third-order valence-corrected chi connectivity index (χ3v) is 2.63. The molecule has 0 aliphatic carbocycles. The van der Waals surface area contributed by atoms with Crippen LogP contribution in [0, 0.1) is 6.07 Å². The first-order valence-corrected chi connectivity index (χ1v) is 5.55. The number of benzene rings is 1. The Balaban J connectivity index is 1.73. The summed E-state index contributed by atoms with van der Waals surface area (Å²) in [6, 6.07) is 8.30. The molecule has 1 aromatic rings. The molecule has 4 heteroatoms. The Morgan fingerprint density at radius 3 is 3.00 bits per heavy atom. The number of ether oxygens (including phenoxy) is 2. The smallest absolute Gasteiger partial charge is 0.142 e. The zero-order valence-electron chi connectivity index (χ0n) is 9.32. The predicted molar refractivity (Wildman–Crippen MR) is 62.4 cm³/mol. The van der Waals surface area contributed by atoms with E-state index in [0.717, 1.165) is 38.6 Å². The molecule has 0 saturated carbocycles. The number of hydrogen-bond donors (Lipinski definition) is 1. The lowest BCUT2D eigenvalue weighted by Crippen LogP contribution is -2.38. The van der Waals surface area contributed by atoms with E-state index in [1.807, 2.05) is 0 Å². The molecule has 2 N–H and O–H groups in total. The Hall–Kier alpha value is -1.26. The van der Waals surface area contributed by atoms with Crippen LogP contribution in [0.25, 0.3) is 0 Å². The number of morpholine rings is 1. The van der Waals surface area contributed by atoms with Gasteiger partial charge in [0.05, 0.1) is 18.9 Å². The van der Waals surface area contributed by atoms with Crippen molar-refractivity contribution < 1.29 is 9.47 Å². The van der Waals surface area contributed by atoms with Gasteiger partial charge < -0.3 is 15.2 Å². The fraction of sp³-hybridized carbons (Fsp3) is 0.500. The van der Waals surface area contributed by atoms with E-state index in [4.69, 9.17) is 15.2 Å². The van der Waals surface area contributed by atoms with Crippen molar-refractivity contribution in [3.05, 3.63) is 24.3 Å². The number of rotatable bonds is 4.